The standard InChI is InChI=1S/C18H32N6O2/c1-13-9-23(10-14(2)26-13)18(3,4)12-20-17(25)16-11-24(22-21-16)15-5-7-19-8-6-15/h11,13-15,19H,5-10,12H2,1-4H3,(H,20,25). The van der Waals surface area contributed by atoms with Crippen molar-refractivity contribution in [3.8, 4) is 0 Å². The van der Waals surface area contributed by atoms with Crippen LogP contribution in [-0.4, -0.2) is 76.3 Å². The fourth-order valence-electron chi connectivity index (χ4n) is 3.80. The number of rotatable bonds is 5. The van der Waals surface area contributed by atoms with Gasteiger partial charge in [-0.3, -0.25) is 9.69 Å². The van der Waals surface area contributed by atoms with Gasteiger partial charge >= 0.3 is 0 Å². The molecule has 0 spiro atoms. The van der Waals surface area contributed by atoms with Crippen molar-refractivity contribution in [1.82, 2.24) is 30.5 Å². The molecule has 2 fully saturated rings. The number of morpholine rings is 1. The highest BCUT2D eigenvalue weighted by atomic mass is 16.5. The van der Waals surface area contributed by atoms with E-state index in [4.69, 9.17) is 4.74 Å². The Kier molecular flexibility index (Phi) is 5.94. The van der Waals surface area contributed by atoms with E-state index in [1.165, 1.54) is 0 Å². The first-order valence-corrected chi connectivity index (χ1v) is 9.66. The molecule has 2 aliphatic rings. The molecule has 26 heavy (non-hydrogen) atoms. The number of nitrogens with zero attached hydrogens (tertiary/aromatic N) is 4. The molecule has 0 aromatic carbocycles. The molecule has 8 heteroatoms. The second-order valence-corrected chi connectivity index (χ2v) is 8.22. The quantitative estimate of drug-likeness (QED) is 0.805. The van der Waals surface area contributed by atoms with Crippen molar-refractivity contribution in [2.75, 3.05) is 32.7 Å². The first kappa shape index (κ1) is 19.3. The molecule has 1 aromatic heterocycles. The SMILES string of the molecule is CC1CN(C(C)(C)CNC(=O)c2cn(C3CCNCC3)nn2)CC(C)O1. The van der Waals surface area contributed by atoms with Gasteiger partial charge in [-0.25, -0.2) is 4.68 Å². The lowest BCUT2D eigenvalue weighted by Gasteiger charge is -2.45. The number of hydrogen-bond acceptors (Lipinski definition) is 6. The first-order chi connectivity index (χ1) is 12.3. The van der Waals surface area contributed by atoms with Gasteiger partial charge in [-0.1, -0.05) is 5.21 Å². The summed E-state index contributed by atoms with van der Waals surface area (Å²) in [7, 11) is 0. The van der Waals surface area contributed by atoms with Crippen LogP contribution in [0.4, 0.5) is 0 Å². The van der Waals surface area contributed by atoms with E-state index in [9.17, 15) is 4.79 Å². The van der Waals surface area contributed by atoms with Gasteiger partial charge in [0.05, 0.1) is 24.4 Å². The molecule has 146 valence electrons. The number of hydrogen-bond donors (Lipinski definition) is 2. The number of amides is 1. The zero-order valence-electron chi connectivity index (χ0n) is 16.4. The Balaban J connectivity index is 1.55. The van der Waals surface area contributed by atoms with Crippen LogP contribution in [0.15, 0.2) is 6.20 Å². The van der Waals surface area contributed by atoms with Gasteiger partial charge in [0.2, 0.25) is 0 Å². The minimum atomic E-state index is -0.160. The van der Waals surface area contributed by atoms with Gasteiger partial charge in [0.15, 0.2) is 5.69 Å². The molecule has 0 bridgehead atoms. The highest BCUT2D eigenvalue weighted by molar-refractivity contribution is 5.91. The maximum absolute atomic E-state index is 12.5. The largest absolute Gasteiger partial charge is 0.373 e. The van der Waals surface area contributed by atoms with Gasteiger partial charge in [0, 0.05) is 25.2 Å². The lowest BCUT2D eigenvalue weighted by Crippen LogP contribution is -2.58. The van der Waals surface area contributed by atoms with E-state index in [1.807, 2.05) is 4.68 Å². The lowest BCUT2D eigenvalue weighted by molar-refractivity contribution is -0.0948. The Hall–Kier alpha value is -1.51. The summed E-state index contributed by atoms with van der Waals surface area (Å²) in [5, 5.41) is 14.6. The van der Waals surface area contributed by atoms with Gasteiger partial charge in [0.1, 0.15) is 0 Å². The summed E-state index contributed by atoms with van der Waals surface area (Å²) in [6.07, 6.45) is 4.23. The average Bonchev–Trinajstić information content (AvgIpc) is 3.10. The van der Waals surface area contributed by atoms with Crippen molar-refractivity contribution in [2.24, 2.45) is 0 Å². The summed E-state index contributed by atoms with van der Waals surface area (Å²) in [5.74, 6) is -0.160. The van der Waals surface area contributed by atoms with Crippen molar-refractivity contribution >= 4 is 5.91 Å². The number of aromatic nitrogens is 3. The van der Waals surface area contributed by atoms with E-state index in [0.717, 1.165) is 39.0 Å². The van der Waals surface area contributed by atoms with Crippen LogP contribution >= 0.6 is 0 Å². The lowest BCUT2D eigenvalue weighted by atomic mass is 10.00. The first-order valence-electron chi connectivity index (χ1n) is 9.66. The van der Waals surface area contributed by atoms with Gasteiger partial charge in [-0.05, 0) is 53.6 Å². The third-order valence-corrected chi connectivity index (χ3v) is 5.38. The average molecular weight is 364 g/mol. The smallest absolute Gasteiger partial charge is 0.273 e. The van der Waals surface area contributed by atoms with Crippen molar-refractivity contribution in [2.45, 2.75) is 64.3 Å². The highest BCUT2D eigenvalue weighted by Crippen LogP contribution is 2.21. The Labute approximate surface area is 155 Å². The van der Waals surface area contributed by atoms with E-state index in [0.29, 0.717) is 18.3 Å². The Morgan fingerprint density at radius 3 is 2.62 bits per heavy atom. The topological polar surface area (TPSA) is 84.3 Å². The Morgan fingerprint density at radius 2 is 1.96 bits per heavy atom. The molecular weight excluding hydrogens is 332 g/mol. The zero-order valence-corrected chi connectivity index (χ0v) is 16.4. The minimum Gasteiger partial charge on any atom is -0.373 e. The molecule has 0 aliphatic carbocycles. The third kappa shape index (κ3) is 4.61. The summed E-state index contributed by atoms with van der Waals surface area (Å²) < 4.78 is 7.65. The number of nitrogens with one attached hydrogen (secondary N) is 2. The van der Waals surface area contributed by atoms with Crippen LogP contribution in [0.2, 0.25) is 0 Å². The minimum absolute atomic E-state index is 0.146. The number of ether oxygens (including phenoxy) is 1. The number of piperidine rings is 1. The van der Waals surface area contributed by atoms with E-state index in [-0.39, 0.29) is 23.7 Å². The Bertz CT molecular complexity index is 601. The van der Waals surface area contributed by atoms with Crippen LogP contribution in [0.3, 0.4) is 0 Å². The molecule has 2 unspecified atom stereocenters. The summed E-state index contributed by atoms with van der Waals surface area (Å²) in [6.45, 7) is 12.8. The molecule has 2 aliphatic heterocycles. The third-order valence-electron chi connectivity index (χ3n) is 5.38. The van der Waals surface area contributed by atoms with Crippen molar-refractivity contribution < 1.29 is 9.53 Å². The van der Waals surface area contributed by atoms with Crippen molar-refractivity contribution in [3.05, 3.63) is 11.9 Å². The number of carbonyl (C=O) groups excluding carboxylic acids is 1. The molecule has 0 saturated carbocycles. The van der Waals surface area contributed by atoms with Crippen LogP contribution < -0.4 is 10.6 Å². The van der Waals surface area contributed by atoms with Gasteiger partial charge in [-0.15, -0.1) is 5.10 Å². The van der Waals surface area contributed by atoms with Crippen molar-refractivity contribution in [1.29, 1.82) is 0 Å². The highest BCUT2D eigenvalue weighted by Gasteiger charge is 2.33. The fourth-order valence-corrected chi connectivity index (χ4v) is 3.80. The summed E-state index contributed by atoms with van der Waals surface area (Å²) in [5.41, 5.74) is 0.246. The summed E-state index contributed by atoms with van der Waals surface area (Å²) in [6, 6.07) is 0.332. The van der Waals surface area contributed by atoms with Crippen molar-refractivity contribution in [3.63, 3.8) is 0 Å². The molecule has 2 saturated heterocycles. The van der Waals surface area contributed by atoms with E-state index >= 15 is 0 Å². The molecule has 1 aromatic rings. The monoisotopic (exact) mass is 364 g/mol. The van der Waals surface area contributed by atoms with E-state index < -0.39 is 0 Å². The van der Waals surface area contributed by atoms with Gasteiger partial charge in [-0.2, -0.15) is 0 Å². The second kappa shape index (κ2) is 8.02. The van der Waals surface area contributed by atoms with Crippen LogP contribution in [0, 0.1) is 0 Å². The predicted octanol–water partition coefficient (Wildman–Crippen LogP) is 0.820. The van der Waals surface area contributed by atoms with Crippen LogP contribution in [0.5, 0.6) is 0 Å². The molecule has 3 heterocycles. The van der Waals surface area contributed by atoms with Crippen LogP contribution in [0.25, 0.3) is 0 Å². The zero-order chi connectivity index (χ0) is 18.7. The molecule has 8 nitrogen and oxygen atoms in total. The van der Waals surface area contributed by atoms with Crippen LogP contribution in [-0.2, 0) is 4.74 Å². The van der Waals surface area contributed by atoms with E-state index in [2.05, 4.69) is 53.5 Å². The molecule has 0 radical (unpaired) electrons. The van der Waals surface area contributed by atoms with Gasteiger partial charge in [0.25, 0.3) is 5.91 Å². The maximum atomic E-state index is 12.5. The second-order valence-electron chi connectivity index (χ2n) is 8.22. The maximum Gasteiger partial charge on any atom is 0.273 e. The van der Waals surface area contributed by atoms with Crippen LogP contribution in [0.1, 0.15) is 57.1 Å². The van der Waals surface area contributed by atoms with E-state index in [1.54, 1.807) is 6.20 Å². The molecule has 1 amide bonds. The summed E-state index contributed by atoms with van der Waals surface area (Å²) >= 11 is 0. The number of carbonyl (C=O) groups is 1. The summed E-state index contributed by atoms with van der Waals surface area (Å²) in [4.78, 5) is 14.9. The molecule has 3 rings (SSSR count). The fraction of sp³-hybridized carbons (Fsp3) is 0.833. The molecule has 2 N–H and O–H groups in total. The predicted molar refractivity (Wildman–Crippen MR) is 99.2 cm³/mol. The Morgan fingerprint density at radius 1 is 1.31 bits per heavy atom. The molecule has 2 atom stereocenters. The normalized spacial score (nSPS) is 26.0. The van der Waals surface area contributed by atoms with Gasteiger partial charge < -0.3 is 15.4 Å². The molecular formula is C18H32N6O2.